The van der Waals surface area contributed by atoms with Gasteiger partial charge in [-0.1, -0.05) is 6.42 Å². The van der Waals surface area contributed by atoms with E-state index in [4.69, 9.17) is 8.83 Å². The Labute approximate surface area is 183 Å². The fraction of sp³-hybridized carbons (Fsp3) is 0.294. The molecule has 2 aromatic rings. The number of carbonyl (C=O) groups is 2. The summed E-state index contributed by atoms with van der Waals surface area (Å²) in [7, 11) is 0. The SMILES string of the molecule is O=C(CCCCCC(=O)N/N=C\c1ccc(I)o1)N/N=C\c1ccc(I)o1. The summed E-state index contributed by atoms with van der Waals surface area (Å²) < 4.78 is 12.1. The van der Waals surface area contributed by atoms with Crippen LogP contribution in [0.5, 0.6) is 0 Å². The molecule has 0 atom stereocenters. The second kappa shape index (κ2) is 11.9. The van der Waals surface area contributed by atoms with Crippen LogP contribution in [0.3, 0.4) is 0 Å². The van der Waals surface area contributed by atoms with Crippen molar-refractivity contribution in [2.24, 2.45) is 10.2 Å². The van der Waals surface area contributed by atoms with Crippen molar-refractivity contribution in [3.05, 3.63) is 43.3 Å². The topological polar surface area (TPSA) is 109 Å². The maximum Gasteiger partial charge on any atom is 0.240 e. The Hall–Kier alpha value is -1.70. The number of hydrogen-bond donors (Lipinski definition) is 2. The van der Waals surface area contributed by atoms with E-state index in [1.54, 1.807) is 12.1 Å². The standard InChI is InChI=1S/C17H18I2N4O4/c18-14-8-6-12(26-14)10-20-22-16(24)4-2-1-3-5-17(25)23-21-11-13-7-9-15(19)27-13/h6-11H,1-5H2,(H,22,24)(H,23,25)/b20-10-,21-11-. The van der Waals surface area contributed by atoms with E-state index in [-0.39, 0.29) is 11.8 Å². The van der Waals surface area contributed by atoms with Crippen molar-refractivity contribution in [2.45, 2.75) is 32.1 Å². The van der Waals surface area contributed by atoms with Crippen LogP contribution in [0.4, 0.5) is 0 Å². The maximum atomic E-state index is 11.6. The van der Waals surface area contributed by atoms with E-state index in [2.05, 4.69) is 66.2 Å². The molecule has 0 spiro atoms. The normalized spacial score (nSPS) is 11.3. The largest absolute Gasteiger partial charge is 0.449 e. The fourth-order valence-corrected chi connectivity index (χ4v) is 2.86. The number of rotatable bonds is 10. The van der Waals surface area contributed by atoms with Gasteiger partial charge in [0.1, 0.15) is 11.5 Å². The summed E-state index contributed by atoms with van der Waals surface area (Å²) in [5.74, 6) is 0.814. The number of furan rings is 2. The zero-order valence-electron chi connectivity index (χ0n) is 14.3. The van der Waals surface area contributed by atoms with Crippen LogP contribution in [-0.4, -0.2) is 24.2 Å². The molecule has 2 heterocycles. The van der Waals surface area contributed by atoms with Gasteiger partial charge in [-0.05, 0) is 82.3 Å². The molecule has 2 aromatic heterocycles. The van der Waals surface area contributed by atoms with Crippen molar-refractivity contribution in [1.29, 1.82) is 0 Å². The van der Waals surface area contributed by atoms with Crippen LogP contribution in [0.2, 0.25) is 0 Å². The molecule has 0 aromatic carbocycles. The van der Waals surface area contributed by atoms with Gasteiger partial charge in [-0.3, -0.25) is 9.59 Å². The minimum atomic E-state index is -0.172. The first kappa shape index (κ1) is 21.6. The van der Waals surface area contributed by atoms with Crippen molar-refractivity contribution in [3.63, 3.8) is 0 Å². The monoisotopic (exact) mass is 596 g/mol. The van der Waals surface area contributed by atoms with Crippen LogP contribution in [0, 0.1) is 7.53 Å². The molecule has 2 N–H and O–H groups in total. The maximum absolute atomic E-state index is 11.6. The van der Waals surface area contributed by atoms with E-state index in [1.165, 1.54) is 12.4 Å². The Bertz CT molecular complexity index is 747. The van der Waals surface area contributed by atoms with E-state index in [1.807, 2.05) is 12.1 Å². The highest BCUT2D eigenvalue weighted by molar-refractivity contribution is 14.1. The quantitative estimate of drug-likeness (QED) is 0.189. The van der Waals surface area contributed by atoms with Gasteiger partial charge >= 0.3 is 0 Å². The molecule has 0 saturated heterocycles. The van der Waals surface area contributed by atoms with Crippen molar-refractivity contribution in [3.8, 4) is 0 Å². The average molecular weight is 596 g/mol. The number of nitrogens with zero attached hydrogens (tertiary/aromatic N) is 2. The fourth-order valence-electron chi connectivity index (χ4n) is 1.99. The summed E-state index contributed by atoms with van der Waals surface area (Å²) in [6.07, 6.45) is 5.74. The van der Waals surface area contributed by atoms with E-state index >= 15 is 0 Å². The molecule has 0 fully saturated rings. The second-order valence-electron chi connectivity index (χ2n) is 5.43. The highest BCUT2D eigenvalue weighted by atomic mass is 127. The van der Waals surface area contributed by atoms with Crippen LogP contribution >= 0.6 is 45.2 Å². The smallest absolute Gasteiger partial charge is 0.240 e. The van der Waals surface area contributed by atoms with Crippen LogP contribution in [0.15, 0.2) is 43.3 Å². The highest BCUT2D eigenvalue weighted by Gasteiger charge is 2.03. The zero-order chi connectivity index (χ0) is 19.5. The lowest BCUT2D eigenvalue weighted by Crippen LogP contribution is -2.18. The second-order valence-corrected chi connectivity index (χ2v) is 7.56. The summed E-state index contributed by atoms with van der Waals surface area (Å²) in [6.45, 7) is 0. The van der Waals surface area contributed by atoms with Crippen LogP contribution in [-0.2, 0) is 9.59 Å². The summed E-state index contributed by atoms with van der Waals surface area (Å²) in [6, 6.07) is 7.15. The van der Waals surface area contributed by atoms with E-state index in [0.717, 1.165) is 14.0 Å². The molecule has 27 heavy (non-hydrogen) atoms. The van der Waals surface area contributed by atoms with Gasteiger partial charge in [-0.25, -0.2) is 10.9 Å². The van der Waals surface area contributed by atoms with Crippen molar-refractivity contribution in [2.75, 3.05) is 0 Å². The number of amides is 2. The molecule has 0 aliphatic heterocycles. The van der Waals surface area contributed by atoms with Gasteiger partial charge in [0.05, 0.1) is 12.4 Å². The lowest BCUT2D eigenvalue weighted by Gasteiger charge is -2.01. The van der Waals surface area contributed by atoms with Gasteiger partial charge in [-0.15, -0.1) is 0 Å². The van der Waals surface area contributed by atoms with Gasteiger partial charge in [-0.2, -0.15) is 10.2 Å². The molecule has 0 radical (unpaired) electrons. The Balaban J connectivity index is 1.50. The Morgan fingerprint density at radius 2 is 1.26 bits per heavy atom. The van der Waals surface area contributed by atoms with E-state index in [9.17, 15) is 9.59 Å². The van der Waals surface area contributed by atoms with Gasteiger partial charge in [0, 0.05) is 12.8 Å². The third-order valence-electron chi connectivity index (χ3n) is 3.26. The molecule has 0 unspecified atom stereocenters. The zero-order valence-corrected chi connectivity index (χ0v) is 18.6. The molecule has 0 bridgehead atoms. The summed E-state index contributed by atoms with van der Waals surface area (Å²) in [4.78, 5) is 23.3. The number of hydrazone groups is 2. The number of unbranched alkanes of at least 4 members (excludes halogenated alkanes) is 2. The third kappa shape index (κ3) is 9.17. The third-order valence-corrected chi connectivity index (χ3v) is 4.42. The number of halogens is 2. The van der Waals surface area contributed by atoms with Crippen LogP contribution in [0.1, 0.15) is 43.6 Å². The first-order valence-electron chi connectivity index (χ1n) is 8.17. The van der Waals surface area contributed by atoms with Crippen molar-refractivity contribution in [1.82, 2.24) is 10.9 Å². The predicted molar refractivity (Wildman–Crippen MR) is 117 cm³/mol. The molecule has 0 saturated carbocycles. The Morgan fingerprint density at radius 3 is 1.63 bits per heavy atom. The predicted octanol–water partition coefficient (Wildman–Crippen LogP) is 3.63. The highest BCUT2D eigenvalue weighted by Crippen LogP contribution is 2.08. The van der Waals surface area contributed by atoms with Gasteiger partial charge in [0.15, 0.2) is 7.53 Å². The molecular weight excluding hydrogens is 578 g/mol. The van der Waals surface area contributed by atoms with Gasteiger partial charge in [0.25, 0.3) is 0 Å². The molecule has 144 valence electrons. The van der Waals surface area contributed by atoms with E-state index < -0.39 is 0 Å². The summed E-state index contributed by atoms with van der Waals surface area (Å²) in [5.41, 5.74) is 4.89. The number of carbonyl (C=O) groups excluding carboxylic acids is 2. The minimum absolute atomic E-state index is 0.172. The molecule has 0 aliphatic carbocycles. The van der Waals surface area contributed by atoms with Crippen LogP contribution in [0.25, 0.3) is 0 Å². The molecule has 2 amide bonds. The molecule has 10 heteroatoms. The average Bonchev–Trinajstić information content (AvgIpc) is 3.23. The Morgan fingerprint density at radius 1 is 0.815 bits per heavy atom. The first-order chi connectivity index (χ1) is 13.0. The molecule has 0 aliphatic rings. The number of nitrogens with one attached hydrogen (secondary N) is 2. The van der Waals surface area contributed by atoms with Crippen molar-refractivity contribution >= 4 is 69.4 Å². The summed E-state index contributed by atoms with van der Waals surface area (Å²) in [5, 5.41) is 7.66. The van der Waals surface area contributed by atoms with Crippen LogP contribution < -0.4 is 10.9 Å². The molecular formula is C17H18I2N4O4. The lowest BCUT2D eigenvalue weighted by atomic mass is 10.1. The van der Waals surface area contributed by atoms with Crippen molar-refractivity contribution < 1.29 is 18.4 Å². The van der Waals surface area contributed by atoms with E-state index in [0.29, 0.717) is 37.2 Å². The van der Waals surface area contributed by atoms with Gasteiger partial charge in [0.2, 0.25) is 11.8 Å². The number of hydrogen-bond acceptors (Lipinski definition) is 6. The molecule has 2 rings (SSSR count). The van der Waals surface area contributed by atoms with Gasteiger partial charge < -0.3 is 8.83 Å². The first-order valence-corrected chi connectivity index (χ1v) is 10.3. The lowest BCUT2D eigenvalue weighted by molar-refractivity contribution is -0.121. The summed E-state index contributed by atoms with van der Waals surface area (Å²) >= 11 is 4.10. The molecule has 8 nitrogen and oxygen atoms in total. The Kier molecular flexibility index (Phi) is 9.52. The minimum Gasteiger partial charge on any atom is -0.449 e.